The van der Waals surface area contributed by atoms with Gasteiger partial charge in [0.15, 0.2) is 6.29 Å². The highest BCUT2D eigenvalue weighted by molar-refractivity contribution is 7.11. The standard InChI is InChI=1S/C10H8O3S/c1-2-13-10(12)4-3-8-5-6-14-9(8)7-11/h5-7H,2H2,1H3. The van der Waals surface area contributed by atoms with Gasteiger partial charge in [-0.2, -0.15) is 0 Å². The molecular formula is C10H8O3S. The van der Waals surface area contributed by atoms with Crippen LogP contribution in [-0.4, -0.2) is 18.9 Å². The molecule has 72 valence electrons. The van der Waals surface area contributed by atoms with Crippen LogP contribution in [-0.2, 0) is 9.53 Å². The number of hydrogen-bond acceptors (Lipinski definition) is 4. The van der Waals surface area contributed by atoms with Gasteiger partial charge in [0.2, 0.25) is 0 Å². The Labute approximate surface area is 85.7 Å². The summed E-state index contributed by atoms with van der Waals surface area (Å²) in [5.41, 5.74) is 0.568. The van der Waals surface area contributed by atoms with E-state index >= 15 is 0 Å². The molecule has 0 radical (unpaired) electrons. The summed E-state index contributed by atoms with van der Waals surface area (Å²) in [6, 6.07) is 1.70. The molecule has 0 bridgehead atoms. The van der Waals surface area contributed by atoms with Crippen LogP contribution in [0.5, 0.6) is 0 Å². The number of hydrogen-bond donors (Lipinski definition) is 0. The van der Waals surface area contributed by atoms with E-state index in [9.17, 15) is 9.59 Å². The Morgan fingerprint density at radius 1 is 1.71 bits per heavy atom. The molecule has 1 aromatic heterocycles. The molecular weight excluding hydrogens is 200 g/mol. The lowest BCUT2D eigenvalue weighted by molar-refractivity contribution is -0.136. The van der Waals surface area contributed by atoms with Crippen molar-refractivity contribution >= 4 is 23.6 Å². The van der Waals surface area contributed by atoms with Gasteiger partial charge in [0, 0.05) is 11.5 Å². The number of rotatable bonds is 2. The molecule has 3 nitrogen and oxygen atoms in total. The van der Waals surface area contributed by atoms with E-state index in [1.54, 1.807) is 18.4 Å². The van der Waals surface area contributed by atoms with Crippen molar-refractivity contribution in [2.45, 2.75) is 6.92 Å². The summed E-state index contributed by atoms with van der Waals surface area (Å²) in [7, 11) is 0. The molecule has 4 heteroatoms. The summed E-state index contributed by atoms with van der Waals surface area (Å²) in [4.78, 5) is 21.9. The Morgan fingerprint density at radius 3 is 3.14 bits per heavy atom. The molecule has 0 spiro atoms. The zero-order valence-electron chi connectivity index (χ0n) is 7.57. The number of esters is 1. The maximum Gasteiger partial charge on any atom is 0.384 e. The summed E-state index contributed by atoms with van der Waals surface area (Å²) in [5.74, 6) is 4.31. The van der Waals surface area contributed by atoms with Gasteiger partial charge in [-0.15, -0.1) is 11.3 Å². The second-order valence-corrected chi connectivity index (χ2v) is 3.23. The van der Waals surface area contributed by atoms with Gasteiger partial charge in [-0.05, 0) is 18.4 Å². The summed E-state index contributed by atoms with van der Waals surface area (Å²) >= 11 is 1.29. The first-order valence-electron chi connectivity index (χ1n) is 3.99. The normalized spacial score (nSPS) is 8.64. The zero-order chi connectivity index (χ0) is 10.4. The van der Waals surface area contributed by atoms with Crippen molar-refractivity contribution in [1.82, 2.24) is 0 Å². The van der Waals surface area contributed by atoms with Gasteiger partial charge >= 0.3 is 5.97 Å². The Hall–Kier alpha value is -1.60. The van der Waals surface area contributed by atoms with Crippen LogP contribution >= 0.6 is 11.3 Å². The molecule has 0 amide bonds. The molecule has 0 fully saturated rings. The molecule has 0 aromatic carbocycles. The lowest BCUT2D eigenvalue weighted by Crippen LogP contribution is -1.99. The smallest absolute Gasteiger partial charge is 0.384 e. The van der Waals surface area contributed by atoms with E-state index in [2.05, 4.69) is 16.6 Å². The van der Waals surface area contributed by atoms with Crippen LogP contribution in [0.2, 0.25) is 0 Å². The van der Waals surface area contributed by atoms with Gasteiger partial charge < -0.3 is 4.74 Å². The zero-order valence-corrected chi connectivity index (χ0v) is 8.39. The number of ether oxygens (including phenoxy) is 1. The second-order valence-electron chi connectivity index (χ2n) is 2.29. The molecule has 1 aromatic rings. The highest BCUT2D eigenvalue weighted by Crippen LogP contribution is 2.12. The third-order valence-electron chi connectivity index (χ3n) is 1.38. The Morgan fingerprint density at radius 2 is 2.50 bits per heavy atom. The summed E-state index contributed by atoms with van der Waals surface area (Å²) < 4.78 is 4.62. The molecule has 0 atom stereocenters. The van der Waals surface area contributed by atoms with Crippen LogP contribution in [0.1, 0.15) is 22.2 Å². The third kappa shape index (κ3) is 2.71. The molecule has 0 aliphatic heterocycles. The lowest BCUT2D eigenvalue weighted by atomic mass is 10.3. The van der Waals surface area contributed by atoms with E-state index in [4.69, 9.17) is 0 Å². The Bertz CT molecular complexity index is 395. The summed E-state index contributed by atoms with van der Waals surface area (Å²) in [5, 5.41) is 1.75. The van der Waals surface area contributed by atoms with E-state index in [0.29, 0.717) is 17.0 Å². The molecule has 0 aliphatic carbocycles. The number of thiophene rings is 1. The summed E-state index contributed by atoms with van der Waals surface area (Å²) in [6.45, 7) is 2.01. The SMILES string of the molecule is CCOC(=O)C#Cc1ccsc1C=O. The van der Waals surface area contributed by atoms with Crippen LogP contribution in [0.3, 0.4) is 0 Å². The lowest BCUT2D eigenvalue weighted by Gasteiger charge is -1.90. The van der Waals surface area contributed by atoms with E-state index in [1.807, 2.05) is 0 Å². The maximum absolute atomic E-state index is 10.9. The van der Waals surface area contributed by atoms with Gasteiger partial charge in [-0.3, -0.25) is 4.79 Å². The highest BCUT2D eigenvalue weighted by atomic mass is 32.1. The van der Waals surface area contributed by atoms with E-state index in [1.165, 1.54) is 11.3 Å². The van der Waals surface area contributed by atoms with Crippen molar-refractivity contribution in [3.63, 3.8) is 0 Å². The van der Waals surface area contributed by atoms with Gasteiger partial charge in [0.25, 0.3) is 0 Å². The first-order chi connectivity index (χ1) is 6.77. The first-order valence-corrected chi connectivity index (χ1v) is 4.87. The molecule has 0 saturated carbocycles. The third-order valence-corrected chi connectivity index (χ3v) is 2.22. The summed E-state index contributed by atoms with van der Waals surface area (Å²) in [6.07, 6.45) is 0.722. The number of carbonyl (C=O) groups excluding carboxylic acids is 2. The van der Waals surface area contributed by atoms with Crippen LogP contribution in [0.15, 0.2) is 11.4 Å². The number of carbonyl (C=O) groups is 2. The van der Waals surface area contributed by atoms with Crippen LogP contribution in [0.4, 0.5) is 0 Å². The largest absolute Gasteiger partial charge is 0.456 e. The van der Waals surface area contributed by atoms with E-state index in [-0.39, 0.29) is 0 Å². The van der Waals surface area contributed by atoms with Gasteiger partial charge in [0.1, 0.15) is 0 Å². The highest BCUT2D eigenvalue weighted by Gasteiger charge is 1.99. The van der Waals surface area contributed by atoms with Crippen molar-refractivity contribution in [2.75, 3.05) is 6.61 Å². The minimum absolute atomic E-state index is 0.303. The van der Waals surface area contributed by atoms with Crippen molar-refractivity contribution < 1.29 is 14.3 Å². The topological polar surface area (TPSA) is 43.4 Å². The molecule has 1 heterocycles. The van der Waals surface area contributed by atoms with Crippen LogP contribution in [0.25, 0.3) is 0 Å². The fourth-order valence-corrected chi connectivity index (χ4v) is 1.45. The maximum atomic E-state index is 10.9. The fraction of sp³-hybridized carbons (Fsp3) is 0.200. The Balaban J connectivity index is 2.76. The van der Waals surface area contributed by atoms with Crippen molar-refractivity contribution in [2.24, 2.45) is 0 Å². The minimum Gasteiger partial charge on any atom is -0.456 e. The van der Waals surface area contributed by atoms with Gasteiger partial charge in [-0.25, -0.2) is 4.79 Å². The number of aldehydes is 1. The van der Waals surface area contributed by atoms with Gasteiger partial charge in [0.05, 0.1) is 11.5 Å². The average molecular weight is 208 g/mol. The molecule has 0 unspecified atom stereocenters. The van der Waals surface area contributed by atoms with E-state index in [0.717, 1.165) is 6.29 Å². The van der Waals surface area contributed by atoms with Crippen LogP contribution < -0.4 is 0 Å². The van der Waals surface area contributed by atoms with Gasteiger partial charge in [-0.1, -0.05) is 5.92 Å². The van der Waals surface area contributed by atoms with Crippen molar-refractivity contribution in [1.29, 1.82) is 0 Å². The Kier molecular flexibility index (Phi) is 3.89. The first kappa shape index (κ1) is 10.5. The minimum atomic E-state index is -0.574. The average Bonchev–Trinajstić information content (AvgIpc) is 2.62. The molecule has 0 saturated heterocycles. The molecule has 14 heavy (non-hydrogen) atoms. The molecule has 0 aliphatic rings. The predicted octanol–water partition coefficient (Wildman–Crippen LogP) is 1.48. The van der Waals surface area contributed by atoms with Crippen molar-refractivity contribution in [3.05, 3.63) is 21.9 Å². The van der Waals surface area contributed by atoms with Crippen molar-refractivity contribution in [3.8, 4) is 11.8 Å². The molecule has 1 rings (SSSR count). The van der Waals surface area contributed by atoms with E-state index < -0.39 is 5.97 Å². The quantitative estimate of drug-likeness (QED) is 0.420. The fourth-order valence-electron chi connectivity index (χ4n) is 0.801. The second kappa shape index (κ2) is 5.20. The van der Waals surface area contributed by atoms with Crippen LogP contribution in [0, 0.1) is 11.8 Å². The predicted molar refractivity (Wildman–Crippen MR) is 53.2 cm³/mol. The molecule has 0 N–H and O–H groups in total. The monoisotopic (exact) mass is 208 g/mol.